The highest BCUT2D eigenvalue weighted by atomic mass is 32.3. The molecule has 4 N–H and O–H groups in total. The third-order valence-electron chi connectivity index (χ3n) is 12.0. The zero-order chi connectivity index (χ0) is 47.5. The second-order valence-corrected chi connectivity index (χ2v) is 19.2. The van der Waals surface area contributed by atoms with Crippen LogP contribution in [0.5, 0.6) is 0 Å². The van der Waals surface area contributed by atoms with Crippen molar-refractivity contribution in [2.24, 2.45) is 0 Å². The molecule has 1 heterocycles. The molecule has 0 aromatic carbocycles. The van der Waals surface area contributed by atoms with Gasteiger partial charge in [0, 0.05) is 13.0 Å². The van der Waals surface area contributed by atoms with E-state index in [4.69, 9.17) is 18.9 Å². The molecule has 12 nitrogen and oxygen atoms in total. The van der Waals surface area contributed by atoms with Gasteiger partial charge in [-0.25, -0.2) is 4.18 Å². The molecule has 0 aromatic rings. The Morgan fingerprint density at radius 3 is 1.49 bits per heavy atom. The number of allylic oxidation sites excluding steroid dienone is 6. The van der Waals surface area contributed by atoms with Crippen molar-refractivity contribution < 1.29 is 56.2 Å². The first-order chi connectivity index (χ1) is 31.6. The molecule has 1 fully saturated rings. The zero-order valence-electron chi connectivity index (χ0n) is 41.1. The molecule has 0 radical (unpaired) electrons. The van der Waals surface area contributed by atoms with Gasteiger partial charge < -0.3 is 34.3 Å². The minimum Gasteiger partial charge on any atom is -0.457 e. The van der Waals surface area contributed by atoms with E-state index in [-0.39, 0.29) is 19.6 Å². The van der Waals surface area contributed by atoms with Gasteiger partial charge in [0.2, 0.25) is 0 Å². The quantitative estimate of drug-likeness (QED) is 0.0197. The van der Waals surface area contributed by atoms with Gasteiger partial charge in [-0.15, -0.1) is 0 Å². The van der Waals surface area contributed by atoms with Gasteiger partial charge >= 0.3 is 16.4 Å². The van der Waals surface area contributed by atoms with E-state index in [1.807, 2.05) is 0 Å². The summed E-state index contributed by atoms with van der Waals surface area (Å²) in [6, 6.07) is 0. The fourth-order valence-corrected chi connectivity index (χ4v) is 8.50. The fourth-order valence-electron chi connectivity index (χ4n) is 7.99. The van der Waals surface area contributed by atoms with Crippen LogP contribution >= 0.6 is 0 Å². The number of hydrogen-bond donors (Lipinski definition) is 4. The maximum Gasteiger partial charge on any atom is 0.397 e. The SMILES string of the molecule is CCCCCC/C=C\C/C=C\CCCCCCCC(=O)OC(COCCCCCCCCCCCC/C=C\CCCCCCCCCC)COC1OC(CO)C(O)C(OS(=O)(=O)O)C1O. The summed E-state index contributed by atoms with van der Waals surface area (Å²) in [5.74, 6) is -0.411. The number of rotatable bonds is 46. The summed E-state index contributed by atoms with van der Waals surface area (Å²) in [4.78, 5) is 12.9. The molecular weight excluding hydrogens is 849 g/mol. The Balaban J connectivity index is 2.35. The Bertz CT molecular complexity index is 1270. The highest BCUT2D eigenvalue weighted by Crippen LogP contribution is 2.26. The number of hydrogen-bond acceptors (Lipinski definition) is 11. The Hall–Kier alpha value is -1.68. The molecule has 382 valence electrons. The number of carbonyl (C=O) groups excluding carboxylic acids is 1. The normalized spacial score (nSPS) is 19.9. The van der Waals surface area contributed by atoms with Crippen LogP contribution in [0.25, 0.3) is 0 Å². The van der Waals surface area contributed by atoms with E-state index < -0.39 is 59.8 Å². The summed E-state index contributed by atoms with van der Waals surface area (Å²) in [6.07, 6.45) is 43.2. The minimum atomic E-state index is -5.07. The summed E-state index contributed by atoms with van der Waals surface area (Å²) in [5.41, 5.74) is 0. The molecule has 65 heavy (non-hydrogen) atoms. The number of carbonyl (C=O) groups is 1. The molecule has 1 aliphatic heterocycles. The van der Waals surface area contributed by atoms with Crippen molar-refractivity contribution in [1.82, 2.24) is 0 Å². The molecule has 0 aromatic heterocycles. The summed E-state index contributed by atoms with van der Waals surface area (Å²) in [7, 11) is -5.07. The lowest BCUT2D eigenvalue weighted by Gasteiger charge is -2.41. The number of unbranched alkanes of at least 4 members (excludes halogenated alkanes) is 27. The van der Waals surface area contributed by atoms with Gasteiger partial charge in [0.1, 0.15) is 30.5 Å². The average Bonchev–Trinajstić information content (AvgIpc) is 3.28. The molecule has 6 unspecified atom stereocenters. The third-order valence-corrected chi connectivity index (χ3v) is 12.5. The lowest BCUT2D eigenvalue weighted by molar-refractivity contribution is -0.301. The molecule has 13 heteroatoms. The van der Waals surface area contributed by atoms with Crippen LogP contribution in [0.4, 0.5) is 0 Å². The zero-order valence-corrected chi connectivity index (χ0v) is 41.9. The smallest absolute Gasteiger partial charge is 0.397 e. The van der Waals surface area contributed by atoms with E-state index in [2.05, 4.69) is 54.5 Å². The van der Waals surface area contributed by atoms with Crippen LogP contribution in [0.15, 0.2) is 36.5 Å². The van der Waals surface area contributed by atoms with Gasteiger partial charge in [-0.2, -0.15) is 8.42 Å². The molecule has 0 amide bonds. The number of esters is 1. The average molecular weight is 945 g/mol. The molecule has 6 atom stereocenters. The number of ether oxygens (including phenoxy) is 4. The first-order valence-electron chi connectivity index (χ1n) is 26.2. The molecule has 1 rings (SSSR count). The Morgan fingerprint density at radius 1 is 0.585 bits per heavy atom. The van der Waals surface area contributed by atoms with Crippen LogP contribution in [0.3, 0.4) is 0 Å². The molecule has 0 bridgehead atoms. The summed E-state index contributed by atoms with van der Waals surface area (Å²) in [5, 5.41) is 30.8. The number of aliphatic hydroxyl groups excluding tert-OH is 3. The van der Waals surface area contributed by atoms with Crippen LogP contribution in [-0.4, -0.2) is 97.5 Å². The largest absolute Gasteiger partial charge is 0.457 e. The molecule has 0 aliphatic carbocycles. The van der Waals surface area contributed by atoms with Gasteiger partial charge in [-0.05, 0) is 70.6 Å². The van der Waals surface area contributed by atoms with Crippen LogP contribution in [-0.2, 0) is 38.3 Å². The monoisotopic (exact) mass is 945 g/mol. The van der Waals surface area contributed by atoms with E-state index in [1.165, 1.54) is 135 Å². The van der Waals surface area contributed by atoms with Gasteiger partial charge in [-0.1, -0.05) is 185 Å². The first-order valence-corrected chi connectivity index (χ1v) is 27.6. The van der Waals surface area contributed by atoms with Gasteiger partial charge in [-0.3, -0.25) is 9.35 Å². The van der Waals surface area contributed by atoms with E-state index in [1.54, 1.807) is 0 Å². The van der Waals surface area contributed by atoms with E-state index in [0.29, 0.717) is 13.0 Å². The predicted molar refractivity (Wildman–Crippen MR) is 262 cm³/mol. The molecule has 0 spiro atoms. The van der Waals surface area contributed by atoms with Crippen molar-refractivity contribution in [1.29, 1.82) is 0 Å². The first kappa shape index (κ1) is 61.3. The van der Waals surface area contributed by atoms with E-state index >= 15 is 0 Å². The van der Waals surface area contributed by atoms with E-state index in [9.17, 15) is 33.1 Å². The predicted octanol–water partition coefficient (Wildman–Crippen LogP) is 12.1. The van der Waals surface area contributed by atoms with Crippen molar-refractivity contribution in [3.05, 3.63) is 36.5 Å². The van der Waals surface area contributed by atoms with Crippen molar-refractivity contribution >= 4 is 16.4 Å². The third kappa shape index (κ3) is 37.0. The summed E-state index contributed by atoms with van der Waals surface area (Å²) < 4.78 is 59.2. The maximum absolute atomic E-state index is 12.9. The van der Waals surface area contributed by atoms with Crippen molar-refractivity contribution in [2.75, 3.05) is 26.4 Å². The lowest BCUT2D eigenvalue weighted by atomic mass is 9.99. The Labute approximate surface area is 396 Å². The lowest BCUT2D eigenvalue weighted by Crippen LogP contribution is -2.60. The molecule has 1 saturated heterocycles. The van der Waals surface area contributed by atoms with Crippen LogP contribution < -0.4 is 0 Å². The van der Waals surface area contributed by atoms with E-state index in [0.717, 1.165) is 64.2 Å². The summed E-state index contributed by atoms with van der Waals surface area (Å²) >= 11 is 0. The van der Waals surface area contributed by atoms with Crippen LogP contribution in [0, 0.1) is 0 Å². The standard InChI is InChI=1S/C52H96O12S/c1-3-5-7-9-11-13-15-17-19-21-22-23-24-25-26-28-30-32-34-36-38-40-42-60-44-46(45-61-52-50(56)51(64-65(57,58)59)49(55)47(43-53)63-52)62-48(54)41-39-37-35-33-31-29-27-20-18-16-14-12-10-8-6-4-2/h14,16,20-22,27,46-47,49-53,55-56H,3-13,15,17-19,23-26,28-45H2,1-2H3,(H,57,58,59)/b16-14-,22-21-,27-20-. The Morgan fingerprint density at radius 2 is 1.02 bits per heavy atom. The van der Waals surface area contributed by atoms with Crippen molar-refractivity contribution in [3.63, 3.8) is 0 Å². The minimum absolute atomic E-state index is 0.0306. The second-order valence-electron chi connectivity index (χ2n) is 18.1. The molecule has 1 aliphatic rings. The number of aliphatic hydroxyl groups is 3. The highest BCUT2D eigenvalue weighted by Gasteiger charge is 2.48. The maximum atomic E-state index is 12.9. The molecule has 0 saturated carbocycles. The van der Waals surface area contributed by atoms with Crippen LogP contribution in [0.1, 0.15) is 226 Å². The van der Waals surface area contributed by atoms with Gasteiger partial charge in [0.05, 0.1) is 19.8 Å². The van der Waals surface area contributed by atoms with Gasteiger partial charge in [0.25, 0.3) is 0 Å². The second kappa shape index (κ2) is 43.6. The van der Waals surface area contributed by atoms with Crippen molar-refractivity contribution in [3.8, 4) is 0 Å². The highest BCUT2D eigenvalue weighted by molar-refractivity contribution is 7.80. The Kier molecular flexibility index (Phi) is 41.1. The summed E-state index contributed by atoms with van der Waals surface area (Å²) in [6.45, 7) is 3.98. The van der Waals surface area contributed by atoms with Gasteiger partial charge in [0.15, 0.2) is 6.29 Å². The van der Waals surface area contributed by atoms with Crippen molar-refractivity contribution in [2.45, 2.75) is 263 Å². The topological polar surface area (TPSA) is 178 Å². The molecular formula is C52H96O12S. The van der Waals surface area contributed by atoms with Crippen LogP contribution in [0.2, 0.25) is 0 Å². The fraction of sp³-hybridized carbons (Fsp3) is 0.865.